The van der Waals surface area contributed by atoms with Crippen LogP contribution in [0.25, 0.3) is 0 Å². The van der Waals surface area contributed by atoms with Crippen molar-refractivity contribution < 1.29 is 22.8 Å². The molecule has 0 aliphatic heterocycles. The highest BCUT2D eigenvalue weighted by Crippen LogP contribution is 2.29. The molecule has 0 spiro atoms. The number of alkyl halides is 3. The van der Waals surface area contributed by atoms with Gasteiger partial charge in [0.15, 0.2) is 5.69 Å². The van der Waals surface area contributed by atoms with E-state index in [0.29, 0.717) is 17.3 Å². The van der Waals surface area contributed by atoms with Crippen molar-refractivity contribution in [3.8, 4) is 0 Å². The number of anilines is 2. The summed E-state index contributed by atoms with van der Waals surface area (Å²) in [5.41, 5.74) is -0.169. The summed E-state index contributed by atoms with van der Waals surface area (Å²) < 4.78 is 40.2. The number of nitrogens with zero attached hydrogens (tertiary/aromatic N) is 2. The first-order chi connectivity index (χ1) is 14.7. The van der Waals surface area contributed by atoms with Crippen LogP contribution in [0.2, 0.25) is 5.02 Å². The van der Waals surface area contributed by atoms with Crippen molar-refractivity contribution in [1.82, 2.24) is 9.55 Å². The maximum Gasteiger partial charge on any atom is 0.416 e. The summed E-state index contributed by atoms with van der Waals surface area (Å²) in [6.45, 7) is 2.21. The molecule has 0 bridgehead atoms. The number of aryl methyl sites for hydroxylation is 1. The molecule has 3 rings (SSSR count). The average Bonchev–Trinajstić information content (AvgIpc) is 3.11. The SMILES string of the molecule is CCn1cnc(C(=O)Nc2ccc(Cl)cc2)c1NC(=O)Cc1cccc(C(F)(F)F)c1. The third-order valence-electron chi connectivity index (χ3n) is 4.37. The molecule has 162 valence electrons. The van der Waals surface area contributed by atoms with Gasteiger partial charge in [-0.1, -0.05) is 29.8 Å². The summed E-state index contributed by atoms with van der Waals surface area (Å²) in [5, 5.41) is 5.76. The number of rotatable bonds is 6. The fraction of sp³-hybridized carbons (Fsp3) is 0.190. The van der Waals surface area contributed by atoms with E-state index >= 15 is 0 Å². The second kappa shape index (κ2) is 9.22. The number of benzene rings is 2. The molecule has 2 N–H and O–H groups in total. The molecule has 0 saturated heterocycles. The summed E-state index contributed by atoms with van der Waals surface area (Å²) in [5.74, 6) is -0.968. The Kier molecular flexibility index (Phi) is 6.65. The number of carbonyl (C=O) groups excluding carboxylic acids is 2. The number of amides is 2. The molecule has 0 aliphatic rings. The largest absolute Gasteiger partial charge is 0.416 e. The lowest BCUT2D eigenvalue weighted by Crippen LogP contribution is -2.21. The van der Waals surface area contributed by atoms with Crippen LogP contribution in [-0.2, 0) is 23.9 Å². The highest BCUT2D eigenvalue weighted by Gasteiger charge is 2.30. The van der Waals surface area contributed by atoms with Gasteiger partial charge in [-0.15, -0.1) is 0 Å². The van der Waals surface area contributed by atoms with Gasteiger partial charge in [0.25, 0.3) is 5.91 Å². The molecule has 1 aromatic heterocycles. The number of carbonyl (C=O) groups is 2. The Bertz CT molecular complexity index is 1090. The van der Waals surface area contributed by atoms with Gasteiger partial charge in [-0.05, 0) is 42.8 Å². The minimum Gasteiger partial charge on any atom is -0.321 e. The van der Waals surface area contributed by atoms with Crippen LogP contribution in [-0.4, -0.2) is 21.4 Å². The zero-order valence-electron chi connectivity index (χ0n) is 16.3. The second-order valence-electron chi connectivity index (χ2n) is 6.61. The monoisotopic (exact) mass is 450 g/mol. The standard InChI is InChI=1S/C21H18ClF3N4O2/c1-2-29-12-26-18(20(31)27-16-8-6-15(22)7-9-16)19(29)28-17(30)11-13-4-3-5-14(10-13)21(23,24)25/h3-10,12H,2,11H2,1H3,(H,27,31)(H,28,30). The van der Waals surface area contributed by atoms with Gasteiger partial charge >= 0.3 is 6.18 Å². The van der Waals surface area contributed by atoms with Gasteiger partial charge in [-0.25, -0.2) is 4.98 Å². The number of aromatic nitrogens is 2. The highest BCUT2D eigenvalue weighted by molar-refractivity contribution is 6.30. The maximum atomic E-state index is 12.9. The lowest BCUT2D eigenvalue weighted by atomic mass is 10.1. The van der Waals surface area contributed by atoms with Crippen LogP contribution in [0, 0.1) is 0 Å². The number of nitrogens with one attached hydrogen (secondary N) is 2. The molecule has 0 saturated carbocycles. The Hall–Kier alpha value is -3.33. The second-order valence-corrected chi connectivity index (χ2v) is 7.05. The van der Waals surface area contributed by atoms with Gasteiger partial charge in [0, 0.05) is 17.3 Å². The maximum absolute atomic E-state index is 12.9. The Morgan fingerprint density at radius 3 is 2.45 bits per heavy atom. The quantitative estimate of drug-likeness (QED) is 0.554. The van der Waals surface area contributed by atoms with Crippen LogP contribution in [0.3, 0.4) is 0 Å². The zero-order chi connectivity index (χ0) is 22.6. The summed E-state index contributed by atoms with van der Waals surface area (Å²) in [4.78, 5) is 29.2. The highest BCUT2D eigenvalue weighted by atomic mass is 35.5. The van der Waals surface area contributed by atoms with Gasteiger partial charge < -0.3 is 15.2 Å². The summed E-state index contributed by atoms with van der Waals surface area (Å²) in [7, 11) is 0. The summed E-state index contributed by atoms with van der Waals surface area (Å²) in [6.07, 6.45) is -3.39. The van der Waals surface area contributed by atoms with Gasteiger partial charge in [0.1, 0.15) is 5.82 Å². The van der Waals surface area contributed by atoms with E-state index in [1.165, 1.54) is 18.5 Å². The van der Waals surface area contributed by atoms with Gasteiger partial charge in [0.05, 0.1) is 18.3 Å². The molecule has 3 aromatic rings. The van der Waals surface area contributed by atoms with E-state index in [1.54, 1.807) is 35.8 Å². The molecule has 2 amide bonds. The van der Waals surface area contributed by atoms with E-state index in [1.807, 2.05) is 0 Å². The molecule has 2 aromatic carbocycles. The molecular formula is C21H18ClF3N4O2. The van der Waals surface area contributed by atoms with Crippen molar-refractivity contribution in [2.24, 2.45) is 0 Å². The van der Waals surface area contributed by atoms with Crippen LogP contribution < -0.4 is 10.6 Å². The van der Waals surface area contributed by atoms with E-state index < -0.39 is 23.6 Å². The number of imidazole rings is 1. The Morgan fingerprint density at radius 1 is 1.10 bits per heavy atom. The minimum atomic E-state index is -4.50. The van der Waals surface area contributed by atoms with E-state index in [4.69, 9.17) is 11.6 Å². The Balaban J connectivity index is 1.76. The molecule has 6 nitrogen and oxygen atoms in total. The Morgan fingerprint density at radius 2 is 1.81 bits per heavy atom. The molecule has 10 heteroatoms. The number of hydrogen-bond acceptors (Lipinski definition) is 3. The first kappa shape index (κ1) is 22.4. The number of halogens is 4. The van der Waals surface area contributed by atoms with Crippen molar-refractivity contribution >= 4 is 34.9 Å². The molecule has 0 unspecified atom stereocenters. The fourth-order valence-electron chi connectivity index (χ4n) is 2.86. The van der Waals surface area contributed by atoms with Crippen molar-refractivity contribution in [2.45, 2.75) is 26.1 Å². The predicted molar refractivity (Wildman–Crippen MR) is 111 cm³/mol. The van der Waals surface area contributed by atoms with Crippen molar-refractivity contribution in [1.29, 1.82) is 0 Å². The molecule has 0 aliphatic carbocycles. The van der Waals surface area contributed by atoms with Crippen molar-refractivity contribution in [2.75, 3.05) is 10.6 Å². The van der Waals surface area contributed by atoms with E-state index in [0.717, 1.165) is 12.1 Å². The van der Waals surface area contributed by atoms with Crippen LogP contribution in [0.1, 0.15) is 28.5 Å². The third-order valence-corrected chi connectivity index (χ3v) is 4.62. The van der Waals surface area contributed by atoms with E-state index in [-0.39, 0.29) is 23.5 Å². The van der Waals surface area contributed by atoms with Crippen molar-refractivity contribution in [3.05, 3.63) is 76.7 Å². The zero-order valence-corrected chi connectivity index (χ0v) is 17.1. The first-order valence-corrected chi connectivity index (χ1v) is 9.63. The fourth-order valence-corrected chi connectivity index (χ4v) is 2.99. The summed E-state index contributed by atoms with van der Waals surface area (Å²) >= 11 is 5.83. The molecule has 0 radical (unpaired) electrons. The average molecular weight is 451 g/mol. The summed E-state index contributed by atoms with van der Waals surface area (Å²) in [6, 6.07) is 11.0. The lowest BCUT2D eigenvalue weighted by molar-refractivity contribution is -0.137. The first-order valence-electron chi connectivity index (χ1n) is 9.25. The molecular weight excluding hydrogens is 433 g/mol. The van der Waals surface area contributed by atoms with Gasteiger partial charge in [-0.3, -0.25) is 9.59 Å². The van der Waals surface area contributed by atoms with Crippen LogP contribution in [0.15, 0.2) is 54.9 Å². The normalized spacial score (nSPS) is 11.3. The lowest BCUT2D eigenvalue weighted by Gasteiger charge is -2.12. The number of hydrogen-bond donors (Lipinski definition) is 2. The predicted octanol–water partition coefficient (Wildman–Crippen LogP) is 5.01. The smallest absolute Gasteiger partial charge is 0.321 e. The van der Waals surface area contributed by atoms with Crippen LogP contribution in [0.4, 0.5) is 24.7 Å². The van der Waals surface area contributed by atoms with E-state index in [2.05, 4.69) is 15.6 Å². The van der Waals surface area contributed by atoms with Crippen LogP contribution in [0.5, 0.6) is 0 Å². The molecule has 31 heavy (non-hydrogen) atoms. The molecule has 0 atom stereocenters. The van der Waals surface area contributed by atoms with Crippen LogP contribution >= 0.6 is 11.6 Å². The van der Waals surface area contributed by atoms with Gasteiger partial charge in [0.2, 0.25) is 5.91 Å². The van der Waals surface area contributed by atoms with Crippen molar-refractivity contribution in [3.63, 3.8) is 0 Å². The van der Waals surface area contributed by atoms with Gasteiger partial charge in [-0.2, -0.15) is 13.2 Å². The minimum absolute atomic E-state index is 0.0193. The third kappa shape index (κ3) is 5.64. The van der Waals surface area contributed by atoms with E-state index in [9.17, 15) is 22.8 Å². The Labute approximate surface area is 181 Å². The molecule has 1 heterocycles. The molecule has 0 fully saturated rings. The topological polar surface area (TPSA) is 76.0 Å².